The first-order chi connectivity index (χ1) is 8.93. The van der Waals surface area contributed by atoms with Crippen molar-refractivity contribution >= 4 is 22.7 Å². The number of amides is 1. The number of nitrogens with zero attached hydrogens (tertiary/aromatic N) is 1. The molecule has 3 unspecified atom stereocenters. The Kier molecular flexibility index (Phi) is 6.48. The zero-order valence-corrected chi connectivity index (χ0v) is 12.4. The Balaban J connectivity index is 2.55. The molecule has 1 rings (SSSR count). The molecule has 1 fully saturated rings. The first-order valence-electron chi connectivity index (χ1n) is 6.82. The highest BCUT2D eigenvalue weighted by molar-refractivity contribution is 7.86. The summed E-state index contributed by atoms with van der Waals surface area (Å²) in [6.45, 7) is 4.62. The fraction of sp³-hybridized carbons (Fsp3) is 0.846. The van der Waals surface area contributed by atoms with Gasteiger partial charge in [-0.05, 0) is 19.8 Å². The topological polar surface area (TPSA) is 74.7 Å². The van der Waals surface area contributed by atoms with Crippen LogP contribution in [0.1, 0.15) is 39.5 Å². The minimum absolute atomic E-state index is 0.0378. The average Bonchev–Trinajstić information content (AvgIpc) is 2.65. The molecule has 0 spiro atoms. The van der Waals surface area contributed by atoms with E-state index in [0.717, 1.165) is 38.8 Å². The average molecular weight is 289 g/mol. The lowest BCUT2D eigenvalue weighted by molar-refractivity contribution is -0.140. The standard InChI is InChI=1S/C13H23NO4S/c1-10(13(16)17)9-19(18)11(2)12(15)14-7-5-3-4-6-8-14/h10-11H,3-9H2,1-2H3,(H,16,17). The molecule has 1 aliphatic heterocycles. The van der Waals surface area contributed by atoms with Gasteiger partial charge >= 0.3 is 5.97 Å². The molecule has 0 saturated carbocycles. The molecule has 0 aromatic heterocycles. The third-order valence-electron chi connectivity index (χ3n) is 3.50. The molecule has 110 valence electrons. The van der Waals surface area contributed by atoms with Crippen LogP contribution in [0.15, 0.2) is 0 Å². The van der Waals surface area contributed by atoms with E-state index in [1.165, 1.54) is 6.92 Å². The van der Waals surface area contributed by atoms with Crippen LogP contribution in [0.4, 0.5) is 0 Å². The van der Waals surface area contributed by atoms with Crippen LogP contribution in [-0.2, 0) is 20.4 Å². The molecule has 3 atom stereocenters. The maximum atomic E-state index is 12.2. The van der Waals surface area contributed by atoms with Crippen molar-refractivity contribution in [2.24, 2.45) is 5.92 Å². The zero-order chi connectivity index (χ0) is 14.4. The number of aliphatic carboxylic acids is 1. The summed E-state index contributed by atoms with van der Waals surface area (Å²) in [4.78, 5) is 24.8. The fourth-order valence-corrected chi connectivity index (χ4v) is 3.42. The van der Waals surface area contributed by atoms with Gasteiger partial charge in [-0.2, -0.15) is 0 Å². The molecule has 1 saturated heterocycles. The highest BCUT2D eigenvalue weighted by Gasteiger charge is 2.28. The van der Waals surface area contributed by atoms with Gasteiger partial charge in [0.1, 0.15) is 5.25 Å². The van der Waals surface area contributed by atoms with Gasteiger partial charge in [0.05, 0.1) is 5.92 Å². The van der Waals surface area contributed by atoms with Crippen molar-refractivity contribution in [3.8, 4) is 0 Å². The van der Waals surface area contributed by atoms with Gasteiger partial charge < -0.3 is 10.0 Å². The number of rotatable bonds is 5. The largest absolute Gasteiger partial charge is 0.481 e. The lowest BCUT2D eigenvalue weighted by atomic mass is 10.2. The summed E-state index contributed by atoms with van der Waals surface area (Å²) in [7, 11) is -1.42. The Labute approximate surface area is 116 Å². The molecule has 0 aliphatic carbocycles. The second-order valence-electron chi connectivity index (χ2n) is 5.17. The lowest BCUT2D eigenvalue weighted by Gasteiger charge is -2.24. The molecule has 0 aromatic rings. The molecule has 0 bridgehead atoms. The van der Waals surface area contributed by atoms with E-state index < -0.39 is 27.9 Å². The van der Waals surface area contributed by atoms with Crippen molar-refractivity contribution in [1.82, 2.24) is 4.90 Å². The second-order valence-corrected chi connectivity index (χ2v) is 6.97. The van der Waals surface area contributed by atoms with Crippen LogP contribution in [0.3, 0.4) is 0 Å². The molecule has 1 heterocycles. The van der Waals surface area contributed by atoms with Crippen LogP contribution in [0.2, 0.25) is 0 Å². The number of likely N-dealkylation sites (tertiary alicyclic amines) is 1. The van der Waals surface area contributed by atoms with E-state index in [1.54, 1.807) is 11.8 Å². The van der Waals surface area contributed by atoms with Crippen LogP contribution in [-0.4, -0.2) is 50.2 Å². The number of hydrogen-bond acceptors (Lipinski definition) is 3. The van der Waals surface area contributed by atoms with Gasteiger partial charge in [0.2, 0.25) is 5.91 Å². The zero-order valence-electron chi connectivity index (χ0n) is 11.6. The Morgan fingerprint density at radius 3 is 2.16 bits per heavy atom. The van der Waals surface area contributed by atoms with Crippen LogP contribution in [0.5, 0.6) is 0 Å². The van der Waals surface area contributed by atoms with Gasteiger partial charge in [-0.3, -0.25) is 13.8 Å². The highest BCUT2D eigenvalue weighted by Crippen LogP contribution is 2.13. The maximum Gasteiger partial charge on any atom is 0.307 e. The van der Waals surface area contributed by atoms with E-state index in [9.17, 15) is 13.8 Å². The molecule has 1 amide bonds. The molecule has 6 heteroatoms. The molecular formula is C13H23NO4S. The van der Waals surface area contributed by atoms with E-state index in [0.29, 0.717) is 0 Å². The Morgan fingerprint density at radius 2 is 1.68 bits per heavy atom. The van der Waals surface area contributed by atoms with Gasteiger partial charge in [-0.25, -0.2) is 0 Å². The summed E-state index contributed by atoms with van der Waals surface area (Å²) in [6.07, 6.45) is 4.27. The van der Waals surface area contributed by atoms with Crippen LogP contribution < -0.4 is 0 Å². The summed E-state index contributed by atoms with van der Waals surface area (Å²) in [5, 5.41) is 8.20. The molecule has 1 N–H and O–H groups in total. The molecule has 5 nitrogen and oxygen atoms in total. The van der Waals surface area contributed by atoms with Gasteiger partial charge in [-0.1, -0.05) is 19.8 Å². The predicted octanol–water partition coefficient (Wildman–Crippen LogP) is 1.25. The normalized spacial score (nSPS) is 21.3. The SMILES string of the molecule is CC(CS(=O)C(C)C(=O)N1CCCCCC1)C(=O)O. The fourth-order valence-electron chi connectivity index (χ4n) is 2.12. The van der Waals surface area contributed by atoms with Crippen molar-refractivity contribution in [2.45, 2.75) is 44.8 Å². The van der Waals surface area contributed by atoms with E-state index >= 15 is 0 Å². The second kappa shape index (κ2) is 7.62. The van der Waals surface area contributed by atoms with E-state index in [1.807, 2.05) is 0 Å². The smallest absolute Gasteiger partial charge is 0.307 e. The van der Waals surface area contributed by atoms with Crippen molar-refractivity contribution < 1.29 is 18.9 Å². The quantitative estimate of drug-likeness (QED) is 0.826. The summed E-state index contributed by atoms with van der Waals surface area (Å²) in [6, 6.07) is 0. The van der Waals surface area contributed by atoms with E-state index in [-0.39, 0.29) is 11.7 Å². The first-order valence-corrected chi connectivity index (χ1v) is 8.20. The number of carbonyl (C=O) groups is 2. The van der Waals surface area contributed by atoms with Crippen molar-refractivity contribution in [1.29, 1.82) is 0 Å². The number of carboxylic acids is 1. The maximum absolute atomic E-state index is 12.2. The Morgan fingerprint density at radius 1 is 1.16 bits per heavy atom. The number of carboxylic acid groups (broad SMARTS) is 1. The number of carbonyl (C=O) groups excluding carboxylic acids is 1. The van der Waals surface area contributed by atoms with Crippen molar-refractivity contribution in [3.63, 3.8) is 0 Å². The highest BCUT2D eigenvalue weighted by atomic mass is 32.2. The minimum Gasteiger partial charge on any atom is -0.481 e. The van der Waals surface area contributed by atoms with Gasteiger partial charge in [0.25, 0.3) is 0 Å². The predicted molar refractivity (Wildman–Crippen MR) is 74.3 cm³/mol. The molecule has 0 aromatic carbocycles. The van der Waals surface area contributed by atoms with Gasteiger partial charge in [-0.15, -0.1) is 0 Å². The summed E-state index contributed by atoms with van der Waals surface area (Å²) in [5.74, 6) is -1.71. The molecular weight excluding hydrogens is 266 g/mol. The lowest BCUT2D eigenvalue weighted by Crippen LogP contribution is -2.41. The monoisotopic (exact) mass is 289 g/mol. The Hall–Kier alpha value is -0.910. The molecule has 0 radical (unpaired) electrons. The molecule has 1 aliphatic rings. The van der Waals surface area contributed by atoms with Crippen LogP contribution in [0, 0.1) is 5.92 Å². The third kappa shape index (κ3) is 4.93. The van der Waals surface area contributed by atoms with Gasteiger partial charge in [0.15, 0.2) is 0 Å². The van der Waals surface area contributed by atoms with Crippen molar-refractivity contribution in [3.05, 3.63) is 0 Å². The first kappa shape index (κ1) is 16.1. The Bertz CT molecular complexity index is 351. The van der Waals surface area contributed by atoms with Crippen LogP contribution >= 0.6 is 0 Å². The number of hydrogen-bond donors (Lipinski definition) is 1. The van der Waals surface area contributed by atoms with Gasteiger partial charge in [0, 0.05) is 29.6 Å². The molecule has 19 heavy (non-hydrogen) atoms. The van der Waals surface area contributed by atoms with E-state index in [4.69, 9.17) is 5.11 Å². The summed E-state index contributed by atoms with van der Waals surface area (Å²) < 4.78 is 12.0. The third-order valence-corrected chi connectivity index (χ3v) is 5.31. The van der Waals surface area contributed by atoms with Crippen LogP contribution in [0.25, 0.3) is 0 Å². The minimum atomic E-state index is -1.42. The van der Waals surface area contributed by atoms with E-state index in [2.05, 4.69) is 0 Å². The summed E-state index contributed by atoms with van der Waals surface area (Å²) >= 11 is 0. The summed E-state index contributed by atoms with van der Waals surface area (Å²) in [5.41, 5.74) is 0. The van der Waals surface area contributed by atoms with Crippen molar-refractivity contribution in [2.75, 3.05) is 18.8 Å².